The van der Waals surface area contributed by atoms with E-state index in [1.54, 1.807) is 24.3 Å². The van der Waals surface area contributed by atoms with Gasteiger partial charge in [-0.3, -0.25) is 0 Å². The Morgan fingerprint density at radius 3 is 2.27 bits per heavy atom. The first-order chi connectivity index (χ1) is 12.5. The predicted molar refractivity (Wildman–Crippen MR) is 104 cm³/mol. The zero-order chi connectivity index (χ0) is 18.6. The minimum atomic E-state index is -3.23. The van der Waals surface area contributed by atoms with Crippen LogP contribution in [0.15, 0.2) is 77.7 Å². The van der Waals surface area contributed by atoms with Gasteiger partial charge < -0.3 is 4.74 Å². The lowest BCUT2D eigenvalue weighted by atomic mass is 10.0. The Kier molecular flexibility index (Phi) is 5.11. The van der Waals surface area contributed by atoms with Crippen molar-refractivity contribution in [3.63, 3.8) is 0 Å². The molecule has 3 aromatic carbocycles. The van der Waals surface area contributed by atoms with E-state index >= 15 is 0 Å². The topological polar surface area (TPSA) is 43.4 Å². The summed E-state index contributed by atoms with van der Waals surface area (Å²) >= 11 is 0. The molecule has 0 heterocycles. The van der Waals surface area contributed by atoms with Gasteiger partial charge in [0.2, 0.25) is 0 Å². The summed E-state index contributed by atoms with van der Waals surface area (Å²) in [5.41, 5.74) is 3.51. The molecule has 0 radical (unpaired) electrons. The van der Waals surface area contributed by atoms with Crippen LogP contribution in [0.25, 0.3) is 11.1 Å². The third-order valence-corrected chi connectivity index (χ3v) is 5.11. The van der Waals surface area contributed by atoms with Crippen LogP contribution in [-0.4, -0.2) is 14.7 Å². The maximum Gasteiger partial charge on any atom is 0.175 e. The van der Waals surface area contributed by atoms with Crippen LogP contribution < -0.4 is 4.74 Å². The molecular formula is C22H18O3S. The van der Waals surface area contributed by atoms with Crippen molar-refractivity contribution in [2.45, 2.75) is 11.5 Å². The molecule has 0 bridgehead atoms. The number of sulfone groups is 1. The Balaban J connectivity index is 1.95. The van der Waals surface area contributed by atoms with E-state index in [0.29, 0.717) is 12.4 Å². The summed E-state index contributed by atoms with van der Waals surface area (Å²) in [6.45, 7) is 0.420. The number of benzene rings is 3. The Hall–Kier alpha value is -3.03. The highest BCUT2D eigenvalue weighted by Gasteiger charge is 2.11. The Bertz CT molecular complexity index is 1040. The van der Waals surface area contributed by atoms with Gasteiger partial charge in [0.25, 0.3) is 0 Å². The highest BCUT2D eigenvalue weighted by Crippen LogP contribution is 2.32. The number of hydrogen-bond donors (Lipinski definition) is 0. The number of terminal acetylenes is 1. The predicted octanol–water partition coefficient (Wildman–Crippen LogP) is 4.32. The van der Waals surface area contributed by atoms with Crippen molar-refractivity contribution in [1.82, 2.24) is 0 Å². The Labute approximate surface area is 154 Å². The molecule has 130 valence electrons. The highest BCUT2D eigenvalue weighted by molar-refractivity contribution is 7.90. The van der Waals surface area contributed by atoms with E-state index in [1.807, 2.05) is 48.5 Å². The molecule has 3 nitrogen and oxygen atoms in total. The number of ether oxygens (including phenoxy) is 1. The van der Waals surface area contributed by atoms with Crippen molar-refractivity contribution in [3.05, 3.63) is 83.9 Å². The van der Waals surface area contributed by atoms with Gasteiger partial charge in [-0.25, -0.2) is 8.42 Å². The number of hydrogen-bond acceptors (Lipinski definition) is 3. The van der Waals surface area contributed by atoms with Crippen LogP contribution >= 0.6 is 0 Å². The van der Waals surface area contributed by atoms with Crippen LogP contribution in [0.5, 0.6) is 5.75 Å². The van der Waals surface area contributed by atoms with E-state index in [4.69, 9.17) is 11.2 Å². The zero-order valence-corrected chi connectivity index (χ0v) is 15.2. The van der Waals surface area contributed by atoms with Crippen molar-refractivity contribution in [2.24, 2.45) is 0 Å². The minimum absolute atomic E-state index is 0.285. The first-order valence-electron chi connectivity index (χ1n) is 8.05. The fourth-order valence-electron chi connectivity index (χ4n) is 2.59. The third-order valence-electron chi connectivity index (χ3n) is 3.98. The third kappa shape index (κ3) is 4.14. The lowest BCUT2D eigenvalue weighted by molar-refractivity contribution is 0.307. The lowest BCUT2D eigenvalue weighted by Gasteiger charge is -2.13. The molecule has 3 rings (SSSR count). The molecule has 0 spiro atoms. The van der Waals surface area contributed by atoms with Crippen molar-refractivity contribution in [2.75, 3.05) is 6.26 Å². The van der Waals surface area contributed by atoms with Crippen LogP contribution in [0.4, 0.5) is 0 Å². The second kappa shape index (κ2) is 7.47. The van der Waals surface area contributed by atoms with E-state index in [0.717, 1.165) is 22.3 Å². The zero-order valence-electron chi connectivity index (χ0n) is 14.3. The van der Waals surface area contributed by atoms with Gasteiger partial charge >= 0.3 is 0 Å². The average molecular weight is 362 g/mol. The quantitative estimate of drug-likeness (QED) is 0.635. The summed E-state index contributed by atoms with van der Waals surface area (Å²) in [5.74, 6) is 3.28. The maximum atomic E-state index is 11.6. The fraction of sp³-hybridized carbons (Fsp3) is 0.0909. The minimum Gasteiger partial charge on any atom is -0.488 e. The molecule has 0 fully saturated rings. The van der Waals surface area contributed by atoms with E-state index < -0.39 is 9.84 Å². The van der Waals surface area contributed by atoms with E-state index in [2.05, 4.69) is 5.92 Å². The molecular weight excluding hydrogens is 344 g/mol. The van der Waals surface area contributed by atoms with Crippen molar-refractivity contribution in [3.8, 4) is 29.2 Å². The molecule has 0 amide bonds. The van der Waals surface area contributed by atoms with Gasteiger partial charge in [-0.2, -0.15) is 0 Å². The second-order valence-corrected chi connectivity index (χ2v) is 7.94. The standard InChI is InChI=1S/C22H18O3S/c1-3-17-9-14-21(19-10-12-20(13-11-19)26(2,23)24)22(15-17)25-16-18-7-5-4-6-8-18/h1,4-15H,16H2,2H3. The smallest absolute Gasteiger partial charge is 0.175 e. The van der Waals surface area contributed by atoms with Gasteiger partial charge in [-0.05, 0) is 41.5 Å². The molecule has 3 aromatic rings. The molecule has 4 heteroatoms. The average Bonchev–Trinajstić information content (AvgIpc) is 2.66. The van der Waals surface area contributed by atoms with Gasteiger partial charge in [0, 0.05) is 17.4 Å². The largest absolute Gasteiger partial charge is 0.488 e. The Morgan fingerprint density at radius 2 is 1.65 bits per heavy atom. The molecule has 0 aliphatic carbocycles. The summed E-state index contributed by atoms with van der Waals surface area (Å²) in [6, 6.07) is 22.2. The van der Waals surface area contributed by atoms with Gasteiger partial charge in [-0.1, -0.05) is 48.4 Å². The summed E-state index contributed by atoms with van der Waals surface area (Å²) in [7, 11) is -3.23. The maximum absolute atomic E-state index is 11.6. The van der Waals surface area contributed by atoms with Crippen molar-refractivity contribution < 1.29 is 13.2 Å². The fourth-order valence-corrected chi connectivity index (χ4v) is 3.22. The monoisotopic (exact) mass is 362 g/mol. The van der Waals surface area contributed by atoms with Crippen LogP contribution in [0.3, 0.4) is 0 Å². The van der Waals surface area contributed by atoms with Crippen molar-refractivity contribution >= 4 is 9.84 Å². The first kappa shape index (κ1) is 17.8. The van der Waals surface area contributed by atoms with Crippen LogP contribution in [0.2, 0.25) is 0 Å². The van der Waals surface area contributed by atoms with E-state index in [9.17, 15) is 8.42 Å². The molecule has 0 N–H and O–H groups in total. The molecule has 0 aliphatic heterocycles. The van der Waals surface area contributed by atoms with Gasteiger partial charge in [0.15, 0.2) is 9.84 Å². The molecule has 0 aromatic heterocycles. The van der Waals surface area contributed by atoms with Crippen LogP contribution in [0.1, 0.15) is 11.1 Å². The van der Waals surface area contributed by atoms with E-state index in [-0.39, 0.29) is 4.90 Å². The normalized spacial score (nSPS) is 10.9. The van der Waals surface area contributed by atoms with Gasteiger partial charge in [0.1, 0.15) is 12.4 Å². The first-order valence-corrected chi connectivity index (χ1v) is 9.94. The molecule has 0 saturated carbocycles. The van der Waals surface area contributed by atoms with Crippen LogP contribution in [-0.2, 0) is 16.4 Å². The lowest BCUT2D eigenvalue weighted by Crippen LogP contribution is -1.98. The summed E-state index contributed by atoms with van der Waals surface area (Å²) in [6.07, 6.45) is 6.70. The van der Waals surface area contributed by atoms with Gasteiger partial charge in [-0.15, -0.1) is 6.42 Å². The molecule has 0 aliphatic rings. The summed E-state index contributed by atoms with van der Waals surface area (Å²) in [4.78, 5) is 0.285. The SMILES string of the molecule is C#Cc1ccc(-c2ccc(S(C)(=O)=O)cc2)c(OCc2ccccc2)c1. The molecule has 0 saturated heterocycles. The molecule has 0 unspecified atom stereocenters. The summed E-state index contributed by atoms with van der Waals surface area (Å²) in [5, 5.41) is 0. The number of rotatable bonds is 5. The Morgan fingerprint density at radius 1 is 0.962 bits per heavy atom. The molecule has 0 atom stereocenters. The van der Waals surface area contributed by atoms with E-state index in [1.165, 1.54) is 6.26 Å². The molecule has 26 heavy (non-hydrogen) atoms. The second-order valence-electron chi connectivity index (χ2n) is 5.93. The van der Waals surface area contributed by atoms with Crippen molar-refractivity contribution in [1.29, 1.82) is 0 Å². The highest BCUT2D eigenvalue weighted by atomic mass is 32.2. The van der Waals surface area contributed by atoms with Gasteiger partial charge in [0.05, 0.1) is 4.90 Å². The summed E-state index contributed by atoms with van der Waals surface area (Å²) < 4.78 is 29.3. The van der Waals surface area contributed by atoms with Crippen LogP contribution in [0, 0.1) is 12.3 Å².